The van der Waals surface area contributed by atoms with Crippen LogP contribution in [-0.4, -0.2) is 43.2 Å². The van der Waals surface area contributed by atoms with Gasteiger partial charge >= 0.3 is 6.18 Å². The molecule has 0 aromatic carbocycles. The molecule has 110 valence electrons. The molecule has 0 radical (unpaired) electrons. The Morgan fingerprint density at radius 2 is 1.95 bits per heavy atom. The van der Waals surface area contributed by atoms with E-state index in [0.717, 1.165) is 13.1 Å². The maximum atomic E-state index is 12.8. The highest BCUT2D eigenvalue weighted by atomic mass is 19.4. The van der Waals surface area contributed by atoms with Crippen LogP contribution in [0.1, 0.15) is 32.6 Å². The number of carbonyl (C=O) groups excluding carboxylic acids is 1. The molecule has 0 bridgehead atoms. The van der Waals surface area contributed by atoms with Crippen LogP contribution in [0.15, 0.2) is 0 Å². The molecule has 0 aliphatic carbocycles. The largest absolute Gasteiger partial charge is 0.393 e. The Hall–Kier alpha value is -0.780. The molecular weight excluding hydrogens is 257 g/mol. The highest BCUT2D eigenvalue weighted by Gasteiger charge is 2.45. The molecule has 0 saturated carbocycles. The van der Waals surface area contributed by atoms with E-state index in [1.807, 2.05) is 6.92 Å². The van der Waals surface area contributed by atoms with Gasteiger partial charge in [-0.25, -0.2) is 0 Å². The summed E-state index contributed by atoms with van der Waals surface area (Å²) in [6.45, 7) is 3.71. The molecule has 2 aliphatic rings. The van der Waals surface area contributed by atoms with E-state index in [-0.39, 0.29) is 18.9 Å². The number of amides is 1. The van der Waals surface area contributed by atoms with Crippen LogP contribution in [0, 0.1) is 11.3 Å². The molecule has 2 fully saturated rings. The third kappa shape index (κ3) is 3.22. The Bertz CT molecular complexity index is 337. The minimum atomic E-state index is -4.19. The van der Waals surface area contributed by atoms with Crippen LogP contribution in [0.3, 0.4) is 0 Å². The van der Waals surface area contributed by atoms with E-state index < -0.39 is 17.5 Å². The van der Waals surface area contributed by atoms with Crippen LogP contribution in [0.2, 0.25) is 0 Å². The molecule has 2 saturated heterocycles. The molecule has 0 spiro atoms. The lowest BCUT2D eigenvalue weighted by atomic mass is 9.79. The van der Waals surface area contributed by atoms with E-state index in [1.54, 1.807) is 0 Å². The number of hydrogen-bond donors (Lipinski definition) is 1. The van der Waals surface area contributed by atoms with E-state index >= 15 is 0 Å². The number of halogens is 3. The van der Waals surface area contributed by atoms with Crippen molar-refractivity contribution in [3.63, 3.8) is 0 Å². The first-order chi connectivity index (χ1) is 8.83. The van der Waals surface area contributed by atoms with Gasteiger partial charge in [0.2, 0.25) is 5.91 Å². The number of nitrogens with zero attached hydrogens (tertiary/aromatic N) is 1. The molecule has 0 aromatic rings. The third-order valence-electron chi connectivity index (χ3n) is 4.39. The molecular formula is C13H21F3N2O. The fourth-order valence-corrected chi connectivity index (χ4v) is 3.00. The monoisotopic (exact) mass is 278 g/mol. The number of hydrogen-bond acceptors (Lipinski definition) is 2. The van der Waals surface area contributed by atoms with Crippen LogP contribution in [0.25, 0.3) is 0 Å². The van der Waals surface area contributed by atoms with Crippen LogP contribution >= 0.6 is 0 Å². The van der Waals surface area contributed by atoms with Crippen LogP contribution in [0.5, 0.6) is 0 Å². The number of likely N-dealkylation sites (tertiary alicyclic amines) is 1. The number of rotatable bonds is 1. The van der Waals surface area contributed by atoms with Crippen molar-refractivity contribution in [1.82, 2.24) is 10.2 Å². The molecule has 3 nitrogen and oxygen atoms in total. The number of piperidine rings is 2. The van der Waals surface area contributed by atoms with Crippen LogP contribution < -0.4 is 5.32 Å². The van der Waals surface area contributed by atoms with Crippen molar-refractivity contribution in [3.8, 4) is 0 Å². The number of carbonyl (C=O) groups is 1. The zero-order valence-electron chi connectivity index (χ0n) is 11.2. The van der Waals surface area contributed by atoms with Gasteiger partial charge in [-0.3, -0.25) is 4.79 Å². The lowest BCUT2D eigenvalue weighted by Gasteiger charge is -2.41. The van der Waals surface area contributed by atoms with Gasteiger partial charge in [0.1, 0.15) is 0 Å². The summed E-state index contributed by atoms with van der Waals surface area (Å²) in [6, 6.07) is 0. The standard InChI is InChI=1S/C13H21F3N2O/c1-12(4-6-17-7-5-12)11(19)18-8-2-3-10(9-18)13(14,15)16/h10,17H,2-9H2,1H3. The Labute approximate surface area is 111 Å². The fraction of sp³-hybridized carbons (Fsp3) is 0.923. The summed E-state index contributed by atoms with van der Waals surface area (Å²) in [5.41, 5.74) is -0.487. The quantitative estimate of drug-likeness (QED) is 0.797. The average molecular weight is 278 g/mol. The first-order valence-electron chi connectivity index (χ1n) is 6.90. The topological polar surface area (TPSA) is 32.3 Å². The minimum absolute atomic E-state index is 0.0945. The molecule has 0 aromatic heterocycles. The maximum Gasteiger partial charge on any atom is 0.393 e. The molecule has 1 N–H and O–H groups in total. The lowest BCUT2D eigenvalue weighted by Crippen LogP contribution is -2.52. The van der Waals surface area contributed by atoms with Gasteiger partial charge in [-0.2, -0.15) is 13.2 Å². The second-order valence-corrected chi connectivity index (χ2v) is 5.94. The predicted octanol–water partition coefficient (Wildman–Crippen LogP) is 2.18. The Morgan fingerprint density at radius 3 is 2.53 bits per heavy atom. The second-order valence-electron chi connectivity index (χ2n) is 5.94. The van der Waals surface area contributed by atoms with Crippen molar-refractivity contribution >= 4 is 5.91 Å². The van der Waals surface area contributed by atoms with Crippen molar-refractivity contribution < 1.29 is 18.0 Å². The number of alkyl halides is 3. The zero-order valence-corrected chi connectivity index (χ0v) is 11.2. The summed E-state index contributed by atoms with van der Waals surface area (Å²) in [4.78, 5) is 13.9. The summed E-state index contributed by atoms with van der Waals surface area (Å²) >= 11 is 0. The summed E-state index contributed by atoms with van der Waals surface area (Å²) < 4.78 is 38.3. The van der Waals surface area contributed by atoms with Gasteiger partial charge in [0, 0.05) is 18.5 Å². The SMILES string of the molecule is CC1(C(=O)N2CCCC(C(F)(F)F)C2)CCNCC1. The minimum Gasteiger partial charge on any atom is -0.342 e. The van der Waals surface area contributed by atoms with Gasteiger partial charge in [0.25, 0.3) is 0 Å². The smallest absolute Gasteiger partial charge is 0.342 e. The predicted molar refractivity (Wildman–Crippen MR) is 65.6 cm³/mol. The Balaban J connectivity index is 2.02. The Morgan fingerprint density at radius 1 is 1.32 bits per heavy atom. The van der Waals surface area contributed by atoms with Crippen molar-refractivity contribution in [3.05, 3.63) is 0 Å². The lowest BCUT2D eigenvalue weighted by molar-refractivity contribution is -0.190. The van der Waals surface area contributed by atoms with Crippen molar-refractivity contribution in [1.29, 1.82) is 0 Å². The summed E-state index contributed by atoms with van der Waals surface area (Å²) in [5, 5.41) is 3.18. The maximum absolute atomic E-state index is 12.8. The molecule has 1 unspecified atom stereocenters. The molecule has 1 atom stereocenters. The normalized spacial score (nSPS) is 28.2. The van der Waals surface area contributed by atoms with E-state index in [2.05, 4.69) is 5.32 Å². The molecule has 19 heavy (non-hydrogen) atoms. The van der Waals surface area contributed by atoms with Crippen LogP contribution in [-0.2, 0) is 4.79 Å². The van der Waals surface area contributed by atoms with Gasteiger partial charge in [-0.05, 0) is 38.8 Å². The highest BCUT2D eigenvalue weighted by Crippen LogP contribution is 2.36. The van der Waals surface area contributed by atoms with Gasteiger partial charge in [0.15, 0.2) is 0 Å². The number of nitrogens with one attached hydrogen (secondary N) is 1. The molecule has 2 rings (SSSR count). The van der Waals surface area contributed by atoms with E-state index in [9.17, 15) is 18.0 Å². The molecule has 1 amide bonds. The third-order valence-corrected chi connectivity index (χ3v) is 4.39. The Kier molecular flexibility index (Phi) is 4.08. The van der Waals surface area contributed by atoms with E-state index in [0.29, 0.717) is 25.8 Å². The van der Waals surface area contributed by atoms with Gasteiger partial charge in [-0.15, -0.1) is 0 Å². The second kappa shape index (κ2) is 5.31. The first-order valence-corrected chi connectivity index (χ1v) is 6.90. The average Bonchev–Trinajstić information content (AvgIpc) is 2.38. The van der Waals surface area contributed by atoms with Crippen LogP contribution in [0.4, 0.5) is 13.2 Å². The van der Waals surface area contributed by atoms with Crippen molar-refractivity contribution in [2.75, 3.05) is 26.2 Å². The van der Waals surface area contributed by atoms with Gasteiger partial charge in [0.05, 0.1) is 5.92 Å². The van der Waals surface area contributed by atoms with Crippen molar-refractivity contribution in [2.24, 2.45) is 11.3 Å². The first kappa shape index (κ1) is 14.6. The van der Waals surface area contributed by atoms with E-state index in [1.165, 1.54) is 4.90 Å². The zero-order chi connectivity index (χ0) is 14.1. The summed E-state index contributed by atoms with van der Waals surface area (Å²) in [5.74, 6) is -1.45. The highest BCUT2D eigenvalue weighted by molar-refractivity contribution is 5.82. The molecule has 2 heterocycles. The van der Waals surface area contributed by atoms with Gasteiger partial charge in [-0.1, -0.05) is 6.92 Å². The van der Waals surface area contributed by atoms with Crippen molar-refractivity contribution in [2.45, 2.75) is 38.8 Å². The van der Waals surface area contributed by atoms with Gasteiger partial charge < -0.3 is 10.2 Å². The fourth-order valence-electron chi connectivity index (χ4n) is 3.00. The summed E-state index contributed by atoms with van der Waals surface area (Å²) in [7, 11) is 0. The summed E-state index contributed by atoms with van der Waals surface area (Å²) in [6.07, 6.45) is -2.18. The molecule has 6 heteroatoms. The molecule has 2 aliphatic heterocycles. The van der Waals surface area contributed by atoms with E-state index in [4.69, 9.17) is 0 Å².